The summed E-state index contributed by atoms with van der Waals surface area (Å²) >= 11 is 3.21. The van der Waals surface area contributed by atoms with E-state index in [2.05, 4.69) is 26.2 Å². The molecule has 0 aliphatic rings. The van der Waals surface area contributed by atoms with Gasteiger partial charge in [-0.3, -0.25) is 4.79 Å². The topological polar surface area (TPSA) is 62.2 Å². The molecular formula is C13H11BrN2O2. The van der Waals surface area contributed by atoms with E-state index in [0.29, 0.717) is 16.7 Å². The number of aromatic nitrogens is 1. The summed E-state index contributed by atoms with van der Waals surface area (Å²) in [5, 5.41) is 11.9. The minimum absolute atomic E-state index is 0.178. The first-order valence-corrected chi connectivity index (χ1v) is 6.12. The van der Waals surface area contributed by atoms with Gasteiger partial charge >= 0.3 is 0 Å². The molecule has 2 aromatic rings. The molecule has 0 spiro atoms. The highest BCUT2D eigenvalue weighted by atomic mass is 79.9. The Morgan fingerprint density at radius 1 is 1.22 bits per heavy atom. The third kappa shape index (κ3) is 3.30. The average Bonchev–Trinajstić information content (AvgIpc) is 2.38. The molecule has 0 fully saturated rings. The Hall–Kier alpha value is -1.88. The van der Waals surface area contributed by atoms with Crippen LogP contribution in [0.3, 0.4) is 0 Å². The van der Waals surface area contributed by atoms with Gasteiger partial charge in [-0.2, -0.15) is 0 Å². The van der Waals surface area contributed by atoms with Gasteiger partial charge in [-0.05, 0) is 45.8 Å². The van der Waals surface area contributed by atoms with Crippen molar-refractivity contribution >= 4 is 21.8 Å². The highest BCUT2D eigenvalue weighted by Gasteiger charge is 2.05. The minimum Gasteiger partial charge on any atom is -0.508 e. The summed E-state index contributed by atoms with van der Waals surface area (Å²) in [6.45, 7) is 0.412. The van der Waals surface area contributed by atoms with Gasteiger partial charge in [0.15, 0.2) is 0 Å². The van der Waals surface area contributed by atoms with E-state index >= 15 is 0 Å². The molecule has 1 heterocycles. The van der Waals surface area contributed by atoms with Gasteiger partial charge in [0.05, 0.1) is 5.56 Å². The Bertz CT molecular complexity index is 538. The van der Waals surface area contributed by atoms with Crippen LogP contribution in [0.2, 0.25) is 0 Å². The fraction of sp³-hybridized carbons (Fsp3) is 0.0769. The highest BCUT2D eigenvalue weighted by Crippen LogP contribution is 2.10. The number of hydrogen-bond donors (Lipinski definition) is 2. The van der Waals surface area contributed by atoms with Crippen molar-refractivity contribution in [3.8, 4) is 5.75 Å². The molecule has 0 aliphatic carbocycles. The number of phenolic OH excluding ortho intramolecular Hbond substituents is 1. The maximum Gasteiger partial charge on any atom is 0.253 e. The molecule has 1 aromatic carbocycles. The standard InChI is InChI=1S/C13H11BrN2O2/c14-12-6-3-10(8-15-12)13(18)16-7-9-1-4-11(17)5-2-9/h1-6,8,17H,7H2,(H,16,18). The number of nitrogens with one attached hydrogen (secondary N) is 1. The van der Waals surface area contributed by atoms with Gasteiger partial charge in [0.25, 0.3) is 5.91 Å². The third-order valence-electron chi connectivity index (χ3n) is 2.38. The fourth-order valence-corrected chi connectivity index (χ4v) is 1.64. The molecule has 4 nitrogen and oxygen atoms in total. The minimum atomic E-state index is -0.178. The van der Waals surface area contributed by atoms with Gasteiger partial charge in [0.2, 0.25) is 0 Å². The van der Waals surface area contributed by atoms with Gasteiger partial charge in [-0.25, -0.2) is 4.98 Å². The van der Waals surface area contributed by atoms with E-state index in [0.717, 1.165) is 5.56 Å². The number of nitrogens with zero attached hydrogens (tertiary/aromatic N) is 1. The second kappa shape index (κ2) is 5.64. The maximum atomic E-state index is 11.8. The predicted octanol–water partition coefficient (Wildman–Crippen LogP) is 2.48. The van der Waals surface area contributed by atoms with Gasteiger partial charge in [-0.1, -0.05) is 12.1 Å². The van der Waals surface area contributed by atoms with E-state index in [-0.39, 0.29) is 11.7 Å². The number of carbonyl (C=O) groups excluding carboxylic acids is 1. The summed E-state index contributed by atoms with van der Waals surface area (Å²) in [5.74, 6) is 0.0326. The first-order chi connectivity index (χ1) is 8.65. The smallest absolute Gasteiger partial charge is 0.253 e. The largest absolute Gasteiger partial charge is 0.508 e. The molecule has 0 saturated heterocycles. The van der Waals surface area contributed by atoms with Crippen molar-refractivity contribution in [1.82, 2.24) is 10.3 Å². The number of rotatable bonds is 3. The Kier molecular flexibility index (Phi) is 3.94. The van der Waals surface area contributed by atoms with E-state index < -0.39 is 0 Å². The number of carbonyl (C=O) groups is 1. The molecule has 0 aliphatic heterocycles. The molecule has 0 atom stereocenters. The molecule has 2 N–H and O–H groups in total. The van der Waals surface area contributed by atoms with Crippen LogP contribution < -0.4 is 5.32 Å². The SMILES string of the molecule is O=C(NCc1ccc(O)cc1)c1ccc(Br)nc1. The first kappa shape index (κ1) is 12.6. The zero-order chi connectivity index (χ0) is 13.0. The fourth-order valence-electron chi connectivity index (χ4n) is 1.41. The molecule has 0 unspecified atom stereocenters. The summed E-state index contributed by atoms with van der Waals surface area (Å²) in [6, 6.07) is 10.1. The predicted molar refractivity (Wildman–Crippen MR) is 71.2 cm³/mol. The number of halogens is 1. The Morgan fingerprint density at radius 2 is 1.94 bits per heavy atom. The number of aromatic hydroxyl groups is 1. The van der Waals surface area contributed by atoms with Crippen molar-refractivity contribution in [1.29, 1.82) is 0 Å². The van der Waals surface area contributed by atoms with E-state index in [1.54, 1.807) is 36.4 Å². The molecule has 5 heteroatoms. The lowest BCUT2D eigenvalue weighted by Crippen LogP contribution is -2.22. The second-order valence-electron chi connectivity index (χ2n) is 3.72. The monoisotopic (exact) mass is 306 g/mol. The summed E-state index contributed by atoms with van der Waals surface area (Å²) in [5.41, 5.74) is 1.43. The molecule has 0 bridgehead atoms. The Morgan fingerprint density at radius 3 is 2.56 bits per heavy atom. The van der Waals surface area contributed by atoms with Crippen LogP contribution in [0.4, 0.5) is 0 Å². The first-order valence-electron chi connectivity index (χ1n) is 5.33. The third-order valence-corrected chi connectivity index (χ3v) is 2.85. The molecule has 1 aromatic heterocycles. The van der Waals surface area contributed by atoms with Crippen molar-refractivity contribution in [2.45, 2.75) is 6.54 Å². The van der Waals surface area contributed by atoms with Gasteiger partial charge in [-0.15, -0.1) is 0 Å². The molecule has 1 amide bonds. The zero-order valence-corrected chi connectivity index (χ0v) is 11.0. The van der Waals surface area contributed by atoms with Gasteiger partial charge in [0.1, 0.15) is 10.4 Å². The number of benzene rings is 1. The normalized spacial score (nSPS) is 10.1. The lowest BCUT2D eigenvalue weighted by atomic mass is 10.2. The molecule has 92 valence electrons. The maximum absolute atomic E-state index is 11.8. The van der Waals surface area contributed by atoms with Crippen LogP contribution in [0.15, 0.2) is 47.2 Å². The lowest BCUT2D eigenvalue weighted by molar-refractivity contribution is 0.0950. The molecular weight excluding hydrogens is 296 g/mol. The molecule has 0 saturated carbocycles. The zero-order valence-electron chi connectivity index (χ0n) is 9.43. The summed E-state index contributed by atoms with van der Waals surface area (Å²) in [7, 11) is 0. The lowest BCUT2D eigenvalue weighted by Gasteiger charge is -2.05. The Balaban J connectivity index is 1.96. The van der Waals surface area contributed by atoms with Crippen LogP contribution in [0.5, 0.6) is 5.75 Å². The van der Waals surface area contributed by atoms with Crippen LogP contribution in [0, 0.1) is 0 Å². The quantitative estimate of drug-likeness (QED) is 0.856. The van der Waals surface area contributed by atoms with Crippen LogP contribution in [-0.4, -0.2) is 16.0 Å². The van der Waals surface area contributed by atoms with E-state index in [9.17, 15) is 4.79 Å². The summed E-state index contributed by atoms with van der Waals surface area (Å²) in [4.78, 5) is 15.8. The number of hydrogen-bond acceptors (Lipinski definition) is 3. The van der Waals surface area contributed by atoms with Crippen molar-refractivity contribution in [2.75, 3.05) is 0 Å². The highest BCUT2D eigenvalue weighted by molar-refractivity contribution is 9.10. The van der Waals surface area contributed by atoms with Crippen molar-refractivity contribution in [3.05, 3.63) is 58.3 Å². The molecule has 2 rings (SSSR count). The van der Waals surface area contributed by atoms with Gasteiger partial charge < -0.3 is 10.4 Å². The molecule has 0 radical (unpaired) electrons. The number of pyridine rings is 1. The van der Waals surface area contributed by atoms with Crippen LogP contribution in [-0.2, 0) is 6.54 Å². The van der Waals surface area contributed by atoms with E-state index in [1.807, 2.05) is 0 Å². The Labute approximate surface area is 113 Å². The summed E-state index contributed by atoms with van der Waals surface area (Å²) in [6.07, 6.45) is 1.51. The van der Waals surface area contributed by atoms with Crippen LogP contribution >= 0.6 is 15.9 Å². The van der Waals surface area contributed by atoms with Gasteiger partial charge in [0, 0.05) is 12.7 Å². The second-order valence-corrected chi connectivity index (χ2v) is 4.53. The van der Waals surface area contributed by atoms with E-state index in [4.69, 9.17) is 5.11 Å². The number of phenols is 1. The van der Waals surface area contributed by atoms with Crippen LogP contribution in [0.25, 0.3) is 0 Å². The van der Waals surface area contributed by atoms with Crippen molar-refractivity contribution in [3.63, 3.8) is 0 Å². The van der Waals surface area contributed by atoms with E-state index in [1.165, 1.54) is 6.20 Å². The summed E-state index contributed by atoms with van der Waals surface area (Å²) < 4.78 is 0.692. The van der Waals surface area contributed by atoms with Crippen molar-refractivity contribution < 1.29 is 9.90 Å². The van der Waals surface area contributed by atoms with Crippen LogP contribution in [0.1, 0.15) is 15.9 Å². The molecule has 18 heavy (non-hydrogen) atoms. The average molecular weight is 307 g/mol. The number of amides is 1. The van der Waals surface area contributed by atoms with Crippen molar-refractivity contribution in [2.24, 2.45) is 0 Å².